The Balaban J connectivity index is 2.65. The SMILES string of the molecule is CCCC[C@@H](CC)CNC(=O)CN(c1ccccc1)S(C)(=O)=O. The Morgan fingerprint density at radius 2 is 1.87 bits per heavy atom. The number of carbonyl (C=O) groups excluding carboxylic acids is 1. The van der Waals surface area contributed by atoms with Gasteiger partial charge in [-0.2, -0.15) is 0 Å². The second-order valence-corrected chi connectivity index (χ2v) is 7.73. The van der Waals surface area contributed by atoms with Gasteiger partial charge in [-0.05, 0) is 24.5 Å². The summed E-state index contributed by atoms with van der Waals surface area (Å²) in [5, 5.41) is 2.87. The third-order valence-corrected chi connectivity index (χ3v) is 5.00. The zero-order valence-electron chi connectivity index (χ0n) is 14.3. The normalized spacial score (nSPS) is 12.7. The molecule has 1 rings (SSSR count). The van der Waals surface area contributed by atoms with Gasteiger partial charge in [0.2, 0.25) is 15.9 Å². The summed E-state index contributed by atoms with van der Waals surface area (Å²) < 4.78 is 25.0. The number of hydrogen-bond acceptors (Lipinski definition) is 3. The molecule has 1 atom stereocenters. The van der Waals surface area contributed by atoms with E-state index in [0.717, 1.165) is 36.2 Å². The largest absolute Gasteiger partial charge is 0.354 e. The van der Waals surface area contributed by atoms with E-state index in [1.165, 1.54) is 0 Å². The highest BCUT2D eigenvalue weighted by molar-refractivity contribution is 7.92. The predicted octanol–water partition coefficient (Wildman–Crippen LogP) is 2.79. The van der Waals surface area contributed by atoms with Gasteiger partial charge in [0.15, 0.2) is 0 Å². The first-order valence-corrected chi connectivity index (χ1v) is 10.0. The quantitative estimate of drug-likeness (QED) is 0.712. The van der Waals surface area contributed by atoms with Crippen molar-refractivity contribution in [2.24, 2.45) is 5.92 Å². The first-order valence-electron chi connectivity index (χ1n) is 8.17. The lowest BCUT2D eigenvalue weighted by Gasteiger charge is -2.22. The van der Waals surface area contributed by atoms with Crippen molar-refractivity contribution in [3.8, 4) is 0 Å². The fraction of sp³-hybridized carbons (Fsp3) is 0.588. The van der Waals surface area contributed by atoms with Crippen molar-refractivity contribution in [1.82, 2.24) is 5.32 Å². The van der Waals surface area contributed by atoms with Gasteiger partial charge in [0, 0.05) is 6.54 Å². The van der Waals surface area contributed by atoms with Gasteiger partial charge < -0.3 is 5.32 Å². The summed E-state index contributed by atoms with van der Waals surface area (Å²) in [6, 6.07) is 8.69. The van der Waals surface area contributed by atoms with E-state index in [9.17, 15) is 13.2 Å². The van der Waals surface area contributed by atoms with Crippen LogP contribution in [0.2, 0.25) is 0 Å². The smallest absolute Gasteiger partial charge is 0.240 e. The zero-order chi connectivity index (χ0) is 17.3. The second-order valence-electron chi connectivity index (χ2n) is 5.83. The van der Waals surface area contributed by atoms with Crippen LogP contribution in [0.25, 0.3) is 0 Å². The van der Waals surface area contributed by atoms with Crippen molar-refractivity contribution >= 4 is 21.6 Å². The molecular formula is C17H28N2O3S. The van der Waals surface area contributed by atoms with Crippen molar-refractivity contribution in [2.45, 2.75) is 39.5 Å². The molecule has 0 unspecified atom stereocenters. The molecule has 0 aliphatic heterocycles. The summed E-state index contributed by atoms with van der Waals surface area (Å²) in [6.45, 7) is 4.67. The van der Waals surface area contributed by atoms with Crippen LogP contribution in [0.1, 0.15) is 39.5 Å². The van der Waals surface area contributed by atoms with E-state index in [1.807, 2.05) is 6.07 Å². The average molecular weight is 340 g/mol. The minimum atomic E-state index is -3.50. The zero-order valence-corrected chi connectivity index (χ0v) is 15.1. The number of nitrogens with one attached hydrogen (secondary N) is 1. The Morgan fingerprint density at radius 1 is 1.22 bits per heavy atom. The second kappa shape index (κ2) is 9.55. The van der Waals surface area contributed by atoms with Crippen LogP contribution in [0.3, 0.4) is 0 Å². The van der Waals surface area contributed by atoms with Crippen molar-refractivity contribution < 1.29 is 13.2 Å². The molecule has 1 N–H and O–H groups in total. The van der Waals surface area contributed by atoms with Gasteiger partial charge in [0.1, 0.15) is 6.54 Å². The van der Waals surface area contributed by atoms with Crippen LogP contribution >= 0.6 is 0 Å². The summed E-state index contributed by atoms with van der Waals surface area (Å²) in [5.74, 6) is 0.177. The lowest BCUT2D eigenvalue weighted by atomic mass is 9.99. The van der Waals surface area contributed by atoms with Crippen LogP contribution in [-0.2, 0) is 14.8 Å². The summed E-state index contributed by atoms with van der Waals surface area (Å²) in [6.07, 6.45) is 5.49. The van der Waals surface area contributed by atoms with Crippen molar-refractivity contribution in [2.75, 3.05) is 23.7 Å². The fourth-order valence-corrected chi connectivity index (χ4v) is 3.24. The maximum Gasteiger partial charge on any atom is 0.240 e. The fourth-order valence-electron chi connectivity index (χ4n) is 2.38. The molecule has 0 saturated heterocycles. The minimum Gasteiger partial charge on any atom is -0.354 e. The number of hydrogen-bond donors (Lipinski definition) is 1. The van der Waals surface area contributed by atoms with Gasteiger partial charge in [-0.25, -0.2) is 8.42 Å². The number of nitrogens with zero attached hydrogens (tertiary/aromatic N) is 1. The van der Waals surface area contributed by atoms with E-state index in [4.69, 9.17) is 0 Å². The van der Waals surface area contributed by atoms with Crippen molar-refractivity contribution in [3.05, 3.63) is 30.3 Å². The van der Waals surface area contributed by atoms with Crippen LogP contribution in [0.4, 0.5) is 5.69 Å². The standard InChI is InChI=1S/C17H28N2O3S/c1-4-6-10-15(5-2)13-18-17(20)14-19(23(3,21)22)16-11-8-7-9-12-16/h7-9,11-12,15H,4-6,10,13-14H2,1-3H3,(H,18,20)/t15-/m1/s1. The lowest BCUT2D eigenvalue weighted by molar-refractivity contribution is -0.119. The van der Waals surface area contributed by atoms with Crippen LogP contribution < -0.4 is 9.62 Å². The van der Waals surface area contributed by atoms with Crippen LogP contribution in [0.15, 0.2) is 30.3 Å². The highest BCUT2D eigenvalue weighted by Gasteiger charge is 2.20. The number of carbonyl (C=O) groups is 1. The van der Waals surface area contributed by atoms with E-state index in [0.29, 0.717) is 18.2 Å². The summed E-state index contributed by atoms with van der Waals surface area (Å²) in [5.41, 5.74) is 0.503. The highest BCUT2D eigenvalue weighted by Crippen LogP contribution is 2.16. The molecule has 130 valence electrons. The number of para-hydroxylation sites is 1. The number of rotatable bonds is 10. The van der Waals surface area contributed by atoms with Crippen LogP contribution in [0.5, 0.6) is 0 Å². The maximum absolute atomic E-state index is 12.2. The first-order chi connectivity index (χ1) is 10.9. The van der Waals surface area contributed by atoms with E-state index in [2.05, 4.69) is 19.2 Å². The summed E-state index contributed by atoms with van der Waals surface area (Å²) >= 11 is 0. The summed E-state index contributed by atoms with van der Waals surface area (Å²) in [4.78, 5) is 12.2. The van der Waals surface area contributed by atoms with Gasteiger partial charge in [-0.3, -0.25) is 9.10 Å². The van der Waals surface area contributed by atoms with Crippen molar-refractivity contribution in [1.29, 1.82) is 0 Å². The molecular weight excluding hydrogens is 312 g/mol. The first kappa shape index (κ1) is 19.5. The molecule has 0 saturated carbocycles. The van der Waals surface area contributed by atoms with Gasteiger partial charge in [-0.15, -0.1) is 0 Å². The minimum absolute atomic E-state index is 0.187. The van der Waals surface area contributed by atoms with E-state index >= 15 is 0 Å². The topological polar surface area (TPSA) is 66.5 Å². The number of amides is 1. The van der Waals surface area contributed by atoms with E-state index in [-0.39, 0.29) is 12.5 Å². The van der Waals surface area contributed by atoms with E-state index < -0.39 is 10.0 Å². The van der Waals surface area contributed by atoms with E-state index in [1.54, 1.807) is 24.3 Å². The average Bonchev–Trinajstić information content (AvgIpc) is 2.52. The molecule has 23 heavy (non-hydrogen) atoms. The molecule has 0 fully saturated rings. The molecule has 0 heterocycles. The number of sulfonamides is 1. The Kier molecular flexibility index (Phi) is 8.09. The maximum atomic E-state index is 12.2. The van der Waals surface area contributed by atoms with Crippen molar-refractivity contribution in [3.63, 3.8) is 0 Å². The molecule has 1 aromatic rings. The number of unbranched alkanes of at least 4 members (excludes halogenated alkanes) is 1. The molecule has 0 aliphatic carbocycles. The third kappa shape index (κ3) is 7.03. The van der Waals surface area contributed by atoms with Crippen LogP contribution in [-0.4, -0.2) is 33.7 Å². The van der Waals surface area contributed by atoms with Gasteiger partial charge in [-0.1, -0.05) is 51.3 Å². The Hall–Kier alpha value is -1.56. The predicted molar refractivity (Wildman–Crippen MR) is 94.9 cm³/mol. The van der Waals surface area contributed by atoms with Gasteiger partial charge in [0.25, 0.3) is 0 Å². The van der Waals surface area contributed by atoms with Gasteiger partial charge in [0.05, 0.1) is 11.9 Å². The molecule has 0 aromatic heterocycles. The Bertz CT molecular complexity index is 573. The Labute approximate surface area is 140 Å². The van der Waals surface area contributed by atoms with Gasteiger partial charge >= 0.3 is 0 Å². The third-order valence-electron chi connectivity index (χ3n) is 3.86. The monoisotopic (exact) mass is 340 g/mol. The van der Waals surface area contributed by atoms with Crippen LogP contribution in [0, 0.1) is 5.92 Å². The molecule has 0 bridgehead atoms. The lowest BCUT2D eigenvalue weighted by Crippen LogP contribution is -2.41. The Morgan fingerprint density at radius 3 is 2.39 bits per heavy atom. The molecule has 0 aliphatic rings. The molecule has 1 aromatic carbocycles. The number of benzene rings is 1. The highest BCUT2D eigenvalue weighted by atomic mass is 32.2. The number of anilines is 1. The molecule has 6 heteroatoms. The molecule has 1 amide bonds. The molecule has 5 nitrogen and oxygen atoms in total. The molecule has 0 spiro atoms. The molecule has 0 radical (unpaired) electrons. The summed E-state index contributed by atoms with van der Waals surface area (Å²) in [7, 11) is -3.50.